The quantitative estimate of drug-likeness (QED) is 0.530. The van der Waals surface area contributed by atoms with Crippen LogP contribution in [0.15, 0.2) is 78.9 Å². The van der Waals surface area contributed by atoms with Gasteiger partial charge in [-0.3, -0.25) is 0 Å². The standard InChI is InChI=1S/C22H19NO2/c1-24-21-12-11-18(20-13-17-9-5-6-10-19(17)23-20)14-22(21)25-15-16-7-3-2-4-8-16/h2-14,23H,15H2,1H3. The molecule has 0 saturated carbocycles. The molecule has 3 aromatic carbocycles. The lowest BCUT2D eigenvalue weighted by atomic mass is 10.1. The molecule has 0 unspecified atom stereocenters. The third-order valence-corrected chi connectivity index (χ3v) is 4.24. The lowest BCUT2D eigenvalue weighted by Gasteiger charge is -2.12. The van der Waals surface area contributed by atoms with E-state index in [2.05, 4.69) is 23.2 Å². The highest BCUT2D eigenvalue weighted by Gasteiger charge is 2.09. The van der Waals surface area contributed by atoms with E-state index < -0.39 is 0 Å². The Bertz CT molecular complexity index is 956. The molecule has 0 spiro atoms. The van der Waals surface area contributed by atoms with Crippen molar-refractivity contribution in [3.8, 4) is 22.8 Å². The van der Waals surface area contributed by atoms with Crippen LogP contribution in [0, 0.1) is 0 Å². The third-order valence-electron chi connectivity index (χ3n) is 4.24. The van der Waals surface area contributed by atoms with Gasteiger partial charge in [-0.2, -0.15) is 0 Å². The van der Waals surface area contributed by atoms with E-state index in [1.807, 2.05) is 60.7 Å². The number of fused-ring (bicyclic) bond motifs is 1. The summed E-state index contributed by atoms with van der Waals surface area (Å²) in [7, 11) is 1.66. The third kappa shape index (κ3) is 3.22. The second kappa shape index (κ2) is 6.73. The van der Waals surface area contributed by atoms with Crippen molar-refractivity contribution in [3.63, 3.8) is 0 Å². The molecule has 124 valence electrons. The summed E-state index contributed by atoms with van der Waals surface area (Å²) in [5.41, 5.74) is 4.38. The minimum Gasteiger partial charge on any atom is -0.493 e. The summed E-state index contributed by atoms with van der Waals surface area (Å²) in [6, 6.07) is 26.5. The molecule has 0 aliphatic carbocycles. The van der Waals surface area contributed by atoms with Crippen LogP contribution in [0.25, 0.3) is 22.2 Å². The van der Waals surface area contributed by atoms with Crippen LogP contribution >= 0.6 is 0 Å². The average molecular weight is 329 g/mol. The molecule has 0 aliphatic rings. The van der Waals surface area contributed by atoms with Gasteiger partial charge < -0.3 is 14.5 Å². The Labute approximate surface area is 146 Å². The van der Waals surface area contributed by atoms with Gasteiger partial charge in [-0.1, -0.05) is 48.5 Å². The maximum Gasteiger partial charge on any atom is 0.162 e. The Hall–Kier alpha value is -3.20. The van der Waals surface area contributed by atoms with Crippen LogP contribution in [0.2, 0.25) is 0 Å². The normalized spacial score (nSPS) is 10.8. The molecular weight excluding hydrogens is 310 g/mol. The van der Waals surface area contributed by atoms with Gasteiger partial charge in [0.05, 0.1) is 7.11 Å². The van der Waals surface area contributed by atoms with E-state index in [4.69, 9.17) is 9.47 Å². The predicted molar refractivity (Wildman–Crippen MR) is 101 cm³/mol. The van der Waals surface area contributed by atoms with E-state index in [-0.39, 0.29) is 0 Å². The van der Waals surface area contributed by atoms with E-state index in [9.17, 15) is 0 Å². The number of ether oxygens (including phenoxy) is 2. The van der Waals surface area contributed by atoms with Gasteiger partial charge in [0, 0.05) is 22.2 Å². The highest BCUT2D eigenvalue weighted by atomic mass is 16.5. The first kappa shape index (κ1) is 15.3. The zero-order valence-corrected chi connectivity index (χ0v) is 14.0. The Morgan fingerprint density at radius 3 is 2.40 bits per heavy atom. The Kier molecular flexibility index (Phi) is 4.13. The van der Waals surface area contributed by atoms with Gasteiger partial charge in [0.1, 0.15) is 6.61 Å². The molecule has 3 nitrogen and oxygen atoms in total. The fourth-order valence-electron chi connectivity index (χ4n) is 2.92. The molecular formula is C22H19NO2. The van der Waals surface area contributed by atoms with Gasteiger partial charge >= 0.3 is 0 Å². The van der Waals surface area contributed by atoms with Crippen LogP contribution in [-0.4, -0.2) is 12.1 Å². The lowest BCUT2D eigenvalue weighted by molar-refractivity contribution is 0.284. The molecule has 0 fully saturated rings. The summed E-state index contributed by atoms with van der Waals surface area (Å²) < 4.78 is 11.5. The zero-order chi connectivity index (χ0) is 17.1. The smallest absolute Gasteiger partial charge is 0.162 e. The molecule has 0 saturated heterocycles. The van der Waals surface area contributed by atoms with Crippen molar-refractivity contribution in [3.05, 3.63) is 84.4 Å². The van der Waals surface area contributed by atoms with Gasteiger partial charge in [0.15, 0.2) is 11.5 Å². The van der Waals surface area contributed by atoms with E-state index in [1.54, 1.807) is 7.11 Å². The van der Waals surface area contributed by atoms with Crippen LogP contribution in [-0.2, 0) is 6.61 Å². The second-order valence-corrected chi connectivity index (χ2v) is 5.91. The van der Waals surface area contributed by atoms with Crippen LogP contribution < -0.4 is 9.47 Å². The Balaban J connectivity index is 1.65. The molecule has 25 heavy (non-hydrogen) atoms. The topological polar surface area (TPSA) is 34.2 Å². The molecule has 0 radical (unpaired) electrons. The van der Waals surface area contributed by atoms with Gasteiger partial charge in [-0.25, -0.2) is 0 Å². The van der Waals surface area contributed by atoms with Gasteiger partial charge in [-0.15, -0.1) is 0 Å². The molecule has 1 N–H and O–H groups in total. The van der Waals surface area contributed by atoms with Crippen molar-refractivity contribution in [2.75, 3.05) is 7.11 Å². The van der Waals surface area contributed by atoms with Gasteiger partial charge in [0.2, 0.25) is 0 Å². The largest absolute Gasteiger partial charge is 0.493 e. The van der Waals surface area contributed by atoms with Crippen molar-refractivity contribution in [1.82, 2.24) is 4.98 Å². The summed E-state index contributed by atoms with van der Waals surface area (Å²) >= 11 is 0. The van der Waals surface area contributed by atoms with Crippen LogP contribution in [0.5, 0.6) is 11.5 Å². The number of H-pyrrole nitrogens is 1. The fourth-order valence-corrected chi connectivity index (χ4v) is 2.92. The summed E-state index contributed by atoms with van der Waals surface area (Å²) in [6.45, 7) is 0.507. The number of rotatable bonds is 5. The number of aromatic amines is 1. The molecule has 1 aromatic heterocycles. The number of hydrogen-bond acceptors (Lipinski definition) is 2. The van der Waals surface area contributed by atoms with E-state index in [1.165, 1.54) is 5.39 Å². The van der Waals surface area contributed by atoms with Crippen molar-refractivity contribution < 1.29 is 9.47 Å². The molecule has 4 aromatic rings. The minimum absolute atomic E-state index is 0.507. The second-order valence-electron chi connectivity index (χ2n) is 5.91. The van der Waals surface area contributed by atoms with Gasteiger partial charge in [0.25, 0.3) is 0 Å². The number of hydrogen-bond donors (Lipinski definition) is 1. The first-order valence-electron chi connectivity index (χ1n) is 8.26. The highest BCUT2D eigenvalue weighted by Crippen LogP contribution is 2.33. The lowest BCUT2D eigenvalue weighted by Crippen LogP contribution is -1.98. The first-order valence-corrected chi connectivity index (χ1v) is 8.26. The molecule has 0 atom stereocenters. The van der Waals surface area contributed by atoms with Crippen molar-refractivity contribution in [1.29, 1.82) is 0 Å². The zero-order valence-electron chi connectivity index (χ0n) is 14.0. The number of nitrogens with one attached hydrogen (secondary N) is 1. The number of aromatic nitrogens is 1. The summed E-state index contributed by atoms with van der Waals surface area (Å²) in [5, 5.41) is 1.19. The Morgan fingerprint density at radius 1 is 0.800 bits per heavy atom. The molecule has 0 bridgehead atoms. The maximum absolute atomic E-state index is 6.01. The van der Waals surface area contributed by atoms with Crippen molar-refractivity contribution in [2.45, 2.75) is 6.61 Å². The number of methoxy groups -OCH3 is 1. The van der Waals surface area contributed by atoms with E-state index >= 15 is 0 Å². The molecule has 3 heteroatoms. The van der Waals surface area contributed by atoms with Crippen LogP contribution in [0.4, 0.5) is 0 Å². The van der Waals surface area contributed by atoms with Crippen molar-refractivity contribution >= 4 is 10.9 Å². The van der Waals surface area contributed by atoms with Crippen molar-refractivity contribution in [2.24, 2.45) is 0 Å². The first-order chi connectivity index (χ1) is 12.3. The van der Waals surface area contributed by atoms with Crippen LogP contribution in [0.1, 0.15) is 5.56 Å². The number of benzene rings is 3. The summed E-state index contributed by atoms with van der Waals surface area (Å²) in [6.07, 6.45) is 0. The molecule has 1 heterocycles. The highest BCUT2D eigenvalue weighted by molar-refractivity contribution is 5.86. The average Bonchev–Trinajstić information content (AvgIpc) is 3.11. The molecule has 0 aliphatic heterocycles. The predicted octanol–water partition coefficient (Wildman–Crippen LogP) is 5.42. The maximum atomic E-state index is 6.01. The van der Waals surface area contributed by atoms with Crippen LogP contribution in [0.3, 0.4) is 0 Å². The fraction of sp³-hybridized carbons (Fsp3) is 0.0909. The van der Waals surface area contributed by atoms with E-state index in [0.29, 0.717) is 6.61 Å². The van der Waals surface area contributed by atoms with E-state index in [0.717, 1.165) is 33.8 Å². The number of para-hydroxylation sites is 1. The minimum atomic E-state index is 0.507. The Morgan fingerprint density at radius 2 is 1.60 bits per heavy atom. The van der Waals surface area contributed by atoms with Gasteiger partial charge in [-0.05, 0) is 35.9 Å². The monoisotopic (exact) mass is 329 g/mol. The summed E-state index contributed by atoms with van der Waals surface area (Å²) in [4.78, 5) is 3.45. The SMILES string of the molecule is COc1ccc(-c2cc3ccccc3[nH]2)cc1OCc1ccccc1. The molecule has 4 rings (SSSR count). The molecule has 0 amide bonds. The summed E-state index contributed by atoms with van der Waals surface area (Å²) in [5.74, 6) is 1.47.